The zero-order valence-electron chi connectivity index (χ0n) is 27.2. The summed E-state index contributed by atoms with van der Waals surface area (Å²) in [7, 11) is 0. The van der Waals surface area contributed by atoms with E-state index < -0.39 is 47.3 Å². The number of aliphatic hydroxyl groups excluding tert-OH is 2. The molecule has 3 saturated carbocycles. The third kappa shape index (κ3) is 5.16. The van der Waals surface area contributed by atoms with Gasteiger partial charge in [-0.3, -0.25) is 9.59 Å². The number of phenolic OH excluding ortho intramolecular Hbond substituents is 1. The zero-order chi connectivity index (χ0) is 32.6. The molecule has 7 rings (SSSR count). The van der Waals surface area contributed by atoms with Crippen LogP contribution in [-0.2, 0) is 31.9 Å². The second-order valence-corrected chi connectivity index (χ2v) is 15.3. The van der Waals surface area contributed by atoms with Gasteiger partial charge in [0.05, 0.1) is 12.2 Å². The maximum atomic E-state index is 13.8. The number of hydrogen-bond donors (Lipinski definition) is 3. The summed E-state index contributed by atoms with van der Waals surface area (Å²) in [6.07, 6.45) is 7.14. The number of ketones is 2. The van der Waals surface area contributed by atoms with Crippen molar-refractivity contribution in [3.05, 3.63) is 88.5 Å². The van der Waals surface area contributed by atoms with Gasteiger partial charge < -0.3 is 24.8 Å². The first-order chi connectivity index (χ1) is 21.9. The van der Waals surface area contributed by atoms with Gasteiger partial charge in [0.25, 0.3) is 0 Å². The molecule has 4 fully saturated rings. The SMILES string of the molecule is C.CC(C)Cc1cccc(Cc2ccc([C@@H]3O[C@@H]4C[C@H]5[C@@H]6CCC7=CC(=O)C=C[C@]7(C)[C@H]6[C@@H](O)C[C@]5(C)[C@]4(C(=O)CO)O3)cc2O)c1. The van der Waals surface area contributed by atoms with Crippen molar-refractivity contribution in [3.8, 4) is 5.75 Å². The molecule has 0 aromatic heterocycles. The monoisotopic (exact) mass is 642 g/mol. The van der Waals surface area contributed by atoms with E-state index in [1.54, 1.807) is 18.2 Å². The summed E-state index contributed by atoms with van der Waals surface area (Å²) < 4.78 is 13.3. The molecule has 1 heterocycles. The van der Waals surface area contributed by atoms with Crippen LogP contribution in [0.1, 0.15) is 89.3 Å². The molecule has 2 aromatic rings. The number of benzene rings is 2. The summed E-state index contributed by atoms with van der Waals surface area (Å²) >= 11 is 0. The molecule has 7 heteroatoms. The Balaban J connectivity index is 0.00000386. The lowest BCUT2D eigenvalue weighted by molar-refractivity contribution is -0.201. The highest BCUT2D eigenvalue weighted by Gasteiger charge is 2.75. The average molecular weight is 643 g/mol. The summed E-state index contributed by atoms with van der Waals surface area (Å²) in [5.74, 6) is 0.279. The molecule has 4 aliphatic carbocycles. The summed E-state index contributed by atoms with van der Waals surface area (Å²) in [4.78, 5) is 26.0. The molecule has 0 amide bonds. The van der Waals surface area contributed by atoms with Gasteiger partial charge in [0.2, 0.25) is 0 Å². The van der Waals surface area contributed by atoms with Gasteiger partial charge in [0.1, 0.15) is 12.4 Å². The third-order valence-electron chi connectivity index (χ3n) is 12.2. The number of hydrogen-bond acceptors (Lipinski definition) is 7. The Morgan fingerprint density at radius 1 is 1.11 bits per heavy atom. The number of aromatic hydroxyl groups is 1. The number of rotatable bonds is 7. The number of phenols is 1. The van der Waals surface area contributed by atoms with E-state index in [0.29, 0.717) is 30.7 Å². The first kappa shape index (κ1) is 33.8. The van der Waals surface area contributed by atoms with Gasteiger partial charge in [-0.1, -0.05) is 83.2 Å². The van der Waals surface area contributed by atoms with E-state index in [1.807, 2.05) is 25.1 Å². The predicted octanol–water partition coefficient (Wildman–Crippen LogP) is 6.42. The summed E-state index contributed by atoms with van der Waals surface area (Å²) in [5, 5.41) is 33.2. The normalized spacial score (nSPS) is 37.0. The Morgan fingerprint density at radius 3 is 2.60 bits per heavy atom. The molecule has 47 heavy (non-hydrogen) atoms. The van der Waals surface area contributed by atoms with Crippen LogP contribution in [0.4, 0.5) is 0 Å². The second-order valence-electron chi connectivity index (χ2n) is 15.3. The Bertz CT molecular complexity index is 1620. The van der Waals surface area contributed by atoms with Crippen molar-refractivity contribution in [2.24, 2.45) is 34.5 Å². The van der Waals surface area contributed by atoms with Crippen molar-refractivity contribution in [1.29, 1.82) is 0 Å². The fraction of sp³-hybridized carbons (Fsp3) is 0.550. The van der Waals surface area contributed by atoms with E-state index in [0.717, 1.165) is 36.0 Å². The Labute approximate surface area is 278 Å². The first-order valence-corrected chi connectivity index (χ1v) is 16.9. The van der Waals surface area contributed by atoms with Crippen LogP contribution >= 0.6 is 0 Å². The standard InChI is InChI=1S/C39H46O7.CH4/c1-22(2)14-23-6-5-7-24(15-23)16-25-8-9-26(17-31(25)42)36-45-34-19-30-29-11-10-27-18-28(41)12-13-37(27,3)35(29)32(43)20-38(30,4)39(34,46-36)33(44)21-40;/h5-9,12-13,15,17-18,22,29-30,32,34-36,40,42-43H,10-11,14,16,19-21H2,1-4H3;1H4/t29-,30-,32-,34+,35+,36+,37-,38-,39+;/m0./s1. The van der Waals surface area contributed by atoms with E-state index in [4.69, 9.17) is 9.47 Å². The number of carbonyl (C=O) groups is 2. The van der Waals surface area contributed by atoms with E-state index in [9.17, 15) is 24.9 Å². The molecule has 0 radical (unpaired) electrons. The van der Waals surface area contributed by atoms with Gasteiger partial charge in [0.15, 0.2) is 23.5 Å². The molecule has 7 nitrogen and oxygen atoms in total. The summed E-state index contributed by atoms with van der Waals surface area (Å²) in [6.45, 7) is 7.86. The minimum atomic E-state index is -1.43. The fourth-order valence-electron chi connectivity index (χ4n) is 10.3. The predicted molar refractivity (Wildman–Crippen MR) is 180 cm³/mol. The lowest BCUT2D eigenvalue weighted by Crippen LogP contribution is -2.63. The van der Waals surface area contributed by atoms with Crippen LogP contribution in [0.25, 0.3) is 0 Å². The zero-order valence-corrected chi connectivity index (χ0v) is 27.2. The molecule has 9 atom stereocenters. The van der Waals surface area contributed by atoms with Crippen molar-refractivity contribution in [2.45, 2.75) is 97.7 Å². The van der Waals surface area contributed by atoms with Crippen LogP contribution in [0.5, 0.6) is 5.75 Å². The van der Waals surface area contributed by atoms with E-state index in [1.165, 1.54) is 5.56 Å². The third-order valence-corrected chi connectivity index (χ3v) is 12.2. The maximum Gasteiger partial charge on any atom is 0.193 e. The Kier molecular flexibility index (Phi) is 8.70. The Morgan fingerprint density at radius 2 is 1.87 bits per heavy atom. The number of ether oxygens (including phenoxy) is 2. The van der Waals surface area contributed by atoms with E-state index in [2.05, 4.69) is 45.0 Å². The van der Waals surface area contributed by atoms with Crippen LogP contribution in [0.3, 0.4) is 0 Å². The minimum absolute atomic E-state index is 0. The highest BCUT2D eigenvalue weighted by atomic mass is 16.7. The number of fused-ring (bicyclic) bond motifs is 7. The van der Waals surface area contributed by atoms with Gasteiger partial charge in [-0.25, -0.2) is 0 Å². The molecule has 0 unspecified atom stereocenters. The largest absolute Gasteiger partial charge is 0.508 e. The van der Waals surface area contributed by atoms with Crippen LogP contribution < -0.4 is 0 Å². The van der Waals surface area contributed by atoms with Gasteiger partial charge in [-0.15, -0.1) is 0 Å². The smallest absolute Gasteiger partial charge is 0.193 e. The molecular formula is C40H50O7. The maximum absolute atomic E-state index is 13.8. The quantitative estimate of drug-likeness (QED) is 0.320. The fourth-order valence-corrected chi connectivity index (χ4v) is 10.3. The number of aliphatic hydroxyl groups is 2. The minimum Gasteiger partial charge on any atom is -0.508 e. The van der Waals surface area contributed by atoms with Crippen molar-refractivity contribution in [3.63, 3.8) is 0 Å². The molecule has 252 valence electrons. The van der Waals surface area contributed by atoms with Crippen molar-refractivity contribution < 1.29 is 34.4 Å². The van der Waals surface area contributed by atoms with Crippen LogP contribution in [0.15, 0.2) is 66.3 Å². The lowest BCUT2D eigenvalue weighted by atomic mass is 9.46. The topological polar surface area (TPSA) is 113 Å². The van der Waals surface area contributed by atoms with E-state index >= 15 is 0 Å². The molecule has 0 spiro atoms. The van der Waals surface area contributed by atoms with Crippen LogP contribution in [0.2, 0.25) is 0 Å². The number of carbonyl (C=O) groups excluding carboxylic acids is 2. The van der Waals surface area contributed by atoms with E-state index in [-0.39, 0.29) is 36.7 Å². The highest BCUT2D eigenvalue weighted by molar-refractivity contribution is 6.01. The molecule has 5 aliphatic rings. The van der Waals surface area contributed by atoms with Crippen molar-refractivity contribution in [1.82, 2.24) is 0 Å². The molecular weight excluding hydrogens is 592 g/mol. The van der Waals surface area contributed by atoms with Gasteiger partial charge in [-0.05, 0) is 84.8 Å². The summed E-state index contributed by atoms with van der Waals surface area (Å²) in [6, 6.07) is 13.9. The van der Waals surface area contributed by atoms with Gasteiger partial charge in [0, 0.05) is 28.7 Å². The van der Waals surface area contributed by atoms with Gasteiger partial charge in [-0.2, -0.15) is 0 Å². The molecule has 1 saturated heterocycles. The van der Waals surface area contributed by atoms with Crippen LogP contribution in [-0.4, -0.2) is 51.3 Å². The summed E-state index contributed by atoms with van der Waals surface area (Å²) in [5.41, 5.74) is 2.24. The first-order valence-electron chi connectivity index (χ1n) is 16.9. The highest BCUT2D eigenvalue weighted by Crippen LogP contribution is 2.70. The second kappa shape index (κ2) is 12.1. The molecule has 3 N–H and O–H groups in total. The number of Topliss-reactive ketones (excluding diaryl/α,β-unsaturated/α-hetero) is 1. The van der Waals surface area contributed by atoms with Crippen LogP contribution in [0, 0.1) is 34.5 Å². The van der Waals surface area contributed by atoms with Crippen molar-refractivity contribution in [2.75, 3.05) is 6.61 Å². The number of allylic oxidation sites excluding steroid dienone is 4. The lowest BCUT2D eigenvalue weighted by Gasteiger charge is -2.59. The van der Waals surface area contributed by atoms with Crippen molar-refractivity contribution >= 4 is 11.6 Å². The molecule has 2 aromatic carbocycles. The molecule has 1 aliphatic heterocycles. The molecule has 0 bridgehead atoms. The Hall–Kier alpha value is -3.10. The van der Waals surface area contributed by atoms with Gasteiger partial charge >= 0.3 is 0 Å². The average Bonchev–Trinajstić information content (AvgIpc) is 3.51.